The first kappa shape index (κ1) is 23.2. The van der Waals surface area contributed by atoms with Gasteiger partial charge >= 0.3 is 5.97 Å². The lowest BCUT2D eigenvalue weighted by molar-refractivity contribution is 0.0697. The molecule has 1 aromatic heterocycles. The average molecular weight is 468 g/mol. The highest BCUT2D eigenvalue weighted by Gasteiger charge is 2.20. The number of rotatable bonds is 7. The van der Waals surface area contributed by atoms with Gasteiger partial charge in [0.25, 0.3) is 0 Å². The van der Waals surface area contributed by atoms with Crippen LogP contribution in [0.15, 0.2) is 60.7 Å². The SMILES string of the molecule is CCCCc1nc2ccc(N3CCCCC3)cc2n1-c1cccc(-c2ccccc2C(=O)O)c1C. The van der Waals surface area contributed by atoms with E-state index in [4.69, 9.17) is 4.98 Å². The van der Waals surface area contributed by atoms with E-state index in [9.17, 15) is 9.90 Å². The van der Waals surface area contributed by atoms with Gasteiger partial charge in [-0.15, -0.1) is 0 Å². The van der Waals surface area contributed by atoms with Gasteiger partial charge in [-0.2, -0.15) is 0 Å². The summed E-state index contributed by atoms with van der Waals surface area (Å²) in [7, 11) is 0. The van der Waals surface area contributed by atoms with Crippen LogP contribution in [0, 0.1) is 6.92 Å². The molecular weight excluding hydrogens is 434 g/mol. The van der Waals surface area contributed by atoms with Crippen molar-refractivity contribution >= 4 is 22.7 Å². The fourth-order valence-corrected chi connectivity index (χ4v) is 5.30. The topological polar surface area (TPSA) is 58.4 Å². The van der Waals surface area contributed by atoms with Crippen molar-refractivity contribution in [1.29, 1.82) is 0 Å². The normalized spacial score (nSPS) is 13.9. The Morgan fingerprint density at radius 3 is 2.51 bits per heavy atom. The van der Waals surface area contributed by atoms with Gasteiger partial charge in [0.2, 0.25) is 0 Å². The number of hydrogen-bond donors (Lipinski definition) is 1. The second-order valence-electron chi connectivity index (χ2n) is 9.49. The predicted molar refractivity (Wildman–Crippen MR) is 143 cm³/mol. The molecule has 0 saturated carbocycles. The van der Waals surface area contributed by atoms with E-state index in [-0.39, 0.29) is 0 Å². The highest BCUT2D eigenvalue weighted by atomic mass is 16.4. The Morgan fingerprint density at radius 1 is 0.971 bits per heavy atom. The van der Waals surface area contributed by atoms with Crippen molar-refractivity contribution in [2.24, 2.45) is 0 Å². The molecule has 5 nitrogen and oxygen atoms in total. The molecule has 0 bridgehead atoms. The van der Waals surface area contributed by atoms with Crippen LogP contribution in [0.25, 0.3) is 27.8 Å². The zero-order valence-corrected chi connectivity index (χ0v) is 20.6. The minimum Gasteiger partial charge on any atom is -0.478 e. The summed E-state index contributed by atoms with van der Waals surface area (Å²) in [5, 5.41) is 9.79. The summed E-state index contributed by atoms with van der Waals surface area (Å²) in [6, 6.07) is 20.1. The summed E-state index contributed by atoms with van der Waals surface area (Å²) in [5.74, 6) is 0.151. The van der Waals surface area contributed by atoms with Gasteiger partial charge < -0.3 is 10.0 Å². The fraction of sp³-hybridized carbons (Fsp3) is 0.333. The minimum atomic E-state index is -0.909. The number of imidazole rings is 1. The van der Waals surface area contributed by atoms with E-state index in [0.29, 0.717) is 5.56 Å². The van der Waals surface area contributed by atoms with Crippen molar-refractivity contribution in [3.05, 3.63) is 77.6 Å². The number of benzene rings is 3. The molecule has 1 fully saturated rings. The molecule has 1 saturated heterocycles. The number of nitrogens with zero attached hydrogens (tertiary/aromatic N) is 3. The maximum atomic E-state index is 11.9. The number of aromatic nitrogens is 2. The Balaban J connectivity index is 1.69. The molecule has 0 aliphatic carbocycles. The van der Waals surface area contributed by atoms with E-state index < -0.39 is 5.97 Å². The molecule has 0 radical (unpaired) electrons. The largest absolute Gasteiger partial charge is 0.478 e. The van der Waals surface area contributed by atoms with Gasteiger partial charge in [0.15, 0.2) is 0 Å². The van der Waals surface area contributed by atoms with E-state index in [1.54, 1.807) is 12.1 Å². The maximum Gasteiger partial charge on any atom is 0.336 e. The highest BCUT2D eigenvalue weighted by molar-refractivity contribution is 5.97. The van der Waals surface area contributed by atoms with Gasteiger partial charge in [0.05, 0.1) is 22.3 Å². The van der Waals surface area contributed by atoms with E-state index in [1.807, 2.05) is 24.3 Å². The van der Waals surface area contributed by atoms with E-state index in [2.05, 4.69) is 47.6 Å². The monoisotopic (exact) mass is 467 g/mol. The second-order valence-corrected chi connectivity index (χ2v) is 9.49. The molecule has 0 spiro atoms. The lowest BCUT2D eigenvalue weighted by atomic mass is 9.95. The van der Waals surface area contributed by atoms with Crippen LogP contribution in [-0.2, 0) is 6.42 Å². The Labute approximate surface area is 207 Å². The Kier molecular flexibility index (Phi) is 6.58. The van der Waals surface area contributed by atoms with Crippen LogP contribution in [0.5, 0.6) is 0 Å². The second kappa shape index (κ2) is 9.95. The lowest BCUT2D eigenvalue weighted by Crippen LogP contribution is -2.29. The Morgan fingerprint density at radius 2 is 1.74 bits per heavy atom. The number of carboxylic acid groups (broad SMARTS) is 1. The molecule has 5 rings (SSSR count). The summed E-state index contributed by atoms with van der Waals surface area (Å²) in [6.07, 6.45) is 6.86. The summed E-state index contributed by atoms with van der Waals surface area (Å²) < 4.78 is 2.31. The Bertz CT molecular complexity index is 1370. The molecule has 3 aromatic carbocycles. The van der Waals surface area contributed by atoms with E-state index >= 15 is 0 Å². The molecule has 2 heterocycles. The maximum absolute atomic E-state index is 11.9. The molecule has 1 N–H and O–H groups in total. The molecule has 4 aromatic rings. The van der Waals surface area contributed by atoms with Crippen LogP contribution in [0.4, 0.5) is 5.69 Å². The third-order valence-electron chi connectivity index (χ3n) is 7.18. The van der Waals surface area contributed by atoms with E-state index in [0.717, 1.165) is 71.6 Å². The third kappa shape index (κ3) is 4.43. The number of piperidine rings is 1. The van der Waals surface area contributed by atoms with Crippen LogP contribution in [0.2, 0.25) is 0 Å². The number of carbonyl (C=O) groups is 1. The van der Waals surface area contributed by atoms with Crippen molar-refractivity contribution in [1.82, 2.24) is 9.55 Å². The highest BCUT2D eigenvalue weighted by Crippen LogP contribution is 2.34. The molecule has 1 aliphatic heterocycles. The minimum absolute atomic E-state index is 0.321. The van der Waals surface area contributed by atoms with Gasteiger partial charge in [0, 0.05) is 25.2 Å². The average Bonchev–Trinajstić information content (AvgIpc) is 3.25. The van der Waals surface area contributed by atoms with Crippen molar-refractivity contribution in [3.63, 3.8) is 0 Å². The lowest BCUT2D eigenvalue weighted by Gasteiger charge is -2.29. The smallest absolute Gasteiger partial charge is 0.336 e. The fourth-order valence-electron chi connectivity index (χ4n) is 5.30. The molecule has 35 heavy (non-hydrogen) atoms. The first-order valence-electron chi connectivity index (χ1n) is 12.8. The molecule has 0 atom stereocenters. The number of hydrogen-bond acceptors (Lipinski definition) is 3. The third-order valence-corrected chi connectivity index (χ3v) is 7.18. The number of fused-ring (bicyclic) bond motifs is 1. The zero-order valence-electron chi connectivity index (χ0n) is 20.6. The van der Waals surface area contributed by atoms with Gasteiger partial charge in [-0.1, -0.05) is 43.7 Å². The van der Waals surface area contributed by atoms with Gasteiger partial charge in [0.1, 0.15) is 5.82 Å². The number of unbranched alkanes of at least 4 members (excludes halogenated alkanes) is 1. The van der Waals surface area contributed by atoms with Crippen molar-refractivity contribution in [2.45, 2.75) is 52.4 Å². The van der Waals surface area contributed by atoms with Crippen LogP contribution in [0.3, 0.4) is 0 Å². The first-order chi connectivity index (χ1) is 17.1. The number of aromatic carboxylic acids is 1. The predicted octanol–water partition coefficient (Wildman–Crippen LogP) is 7.03. The summed E-state index contributed by atoms with van der Waals surface area (Å²) in [6.45, 7) is 6.50. The van der Waals surface area contributed by atoms with Crippen molar-refractivity contribution in [2.75, 3.05) is 18.0 Å². The zero-order chi connectivity index (χ0) is 24.4. The van der Waals surface area contributed by atoms with Gasteiger partial charge in [-0.05, 0) is 79.6 Å². The summed E-state index contributed by atoms with van der Waals surface area (Å²) in [4.78, 5) is 19.5. The van der Waals surface area contributed by atoms with Crippen LogP contribution < -0.4 is 4.90 Å². The van der Waals surface area contributed by atoms with Crippen molar-refractivity contribution < 1.29 is 9.90 Å². The van der Waals surface area contributed by atoms with Gasteiger partial charge in [-0.25, -0.2) is 9.78 Å². The number of carboxylic acids is 1. The van der Waals surface area contributed by atoms with Crippen LogP contribution in [-0.4, -0.2) is 33.7 Å². The van der Waals surface area contributed by atoms with Crippen LogP contribution >= 0.6 is 0 Å². The van der Waals surface area contributed by atoms with E-state index in [1.165, 1.54) is 24.9 Å². The number of aryl methyl sites for hydroxylation is 1. The molecule has 1 aliphatic rings. The number of anilines is 1. The Hall–Kier alpha value is -3.60. The molecule has 0 unspecified atom stereocenters. The molecule has 180 valence electrons. The summed E-state index contributed by atoms with van der Waals surface area (Å²) in [5.41, 5.74) is 7.50. The van der Waals surface area contributed by atoms with Gasteiger partial charge in [-0.3, -0.25) is 4.57 Å². The standard InChI is InChI=1S/C30H33N3O2/c1-3-4-15-29-31-26-17-16-22(32-18-8-5-9-19-32)20-28(26)33(29)27-14-10-13-23(21(27)2)24-11-6-7-12-25(24)30(34)35/h6-7,10-14,16-17,20H,3-5,8-9,15,18-19H2,1-2H3,(H,34,35). The molecular formula is C30H33N3O2. The molecule has 5 heteroatoms. The first-order valence-corrected chi connectivity index (χ1v) is 12.8. The van der Waals surface area contributed by atoms with Crippen molar-refractivity contribution in [3.8, 4) is 16.8 Å². The molecule has 0 amide bonds. The quantitative estimate of drug-likeness (QED) is 0.317. The summed E-state index contributed by atoms with van der Waals surface area (Å²) >= 11 is 0. The van der Waals surface area contributed by atoms with Crippen LogP contribution in [0.1, 0.15) is 60.8 Å².